The summed E-state index contributed by atoms with van der Waals surface area (Å²) in [7, 11) is 0. The van der Waals surface area contributed by atoms with Crippen LogP contribution in [0, 0.1) is 5.92 Å². The SMILES string of the molecule is CC(=O)C(C)C(C)=CN. The summed E-state index contributed by atoms with van der Waals surface area (Å²) in [6.07, 6.45) is 1.48. The summed E-state index contributed by atoms with van der Waals surface area (Å²) in [6.45, 7) is 5.27. The van der Waals surface area contributed by atoms with Crippen LogP contribution in [0.25, 0.3) is 0 Å². The maximum atomic E-state index is 10.6. The number of carbonyl (C=O) groups excluding carboxylic acids is 1. The summed E-state index contributed by atoms with van der Waals surface area (Å²) in [5.74, 6) is 0.143. The van der Waals surface area contributed by atoms with Crippen LogP contribution in [-0.4, -0.2) is 5.78 Å². The fraction of sp³-hybridized carbons (Fsp3) is 0.571. The largest absolute Gasteiger partial charge is 0.405 e. The number of hydrogen-bond acceptors (Lipinski definition) is 2. The third-order valence-corrected chi connectivity index (χ3v) is 1.56. The van der Waals surface area contributed by atoms with Crippen molar-refractivity contribution in [2.75, 3.05) is 0 Å². The van der Waals surface area contributed by atoms with Gasteiger partial charge in [0.1, 0.15) is 5.78 Å². The number of ketones is 1. The molecule has 0 saturated carbocycles. The fourth-order valence-corrected chi connectivity index (χ4v) is 0.465. The summed E-state index contributed by atoms with van der Waals surface area (Å²) in [5.41, 5.74) is 6.13. The second-order valence-corrected chi connectivity index (χ2v) is 2.24. The highest BCUT2D eigenvalue weighted by Gasteiger charge is 2.07. The minimum atomic E-state index is -0.0185. The molecular weight excluding hydrogens is 114 g/mol. The highest BCUT2D eigenvalue weighted by molar-refractivity contribution is 5.80. The van der Waals surface area contributed by atoms with Gasteiger partial charge in [0.05, 0.1) is 0 Å². The zero-order valence-corrected chi connectivity index (χ0v) is 6.14. The molecule has 0 aliphatic carbocycles. The Balaban J connectivity index is 4.04. The summed E-state index contributed by atoms with van der Waals surface area (Å²) >= 11 is 0. The van der Waals surface area contributed by atoms with E-state index in [1.165, 1.54) is 6.20 Å². The van der Waals surface area contributed by atoms with Gasteiger partial charge in [-0.15, -0.1) is 0 Å². The van der Waals surface area contributed by atoms with Crippen LogP contribution in [0.4, 0.5) is 0 Å². The maximum absolute atomic E-state index is 10.6. The van der Waals surface area contributed by atoms with E-state index in [0.29, 0.717) is 0 Å². The van der Waals surface area contributed by atoms with Crippen LogP contribution in [0.2, 0.25) is 0 Å². The lowest BCUT2D eigenvalue weighted by molar-refractivity contribution is -0.119. The smallest absolute Gasteiger partial charge is 0.136 e. The van der Waals surface area contributed by atoms with Crippen molar-refractivity contribution >= 4 is 5.78 Å². The van der Waals surface area contributed by atoms with Gasteiger partial charge in [-0.25, -0.2) is 0 Å². The molecule has 0 aromatic heterocycles. The molecule has 0 saturated heterocycles. The van der Waals surface area contributed by atoms with Crippen LogP contribution in [-0.2, 0) is 4.79 Å². The van der Waals surface area contributed by atoms with E-state index < -0.39 is 0 Å². The van der Waals surface area contributed by atoms with Crippen LogP contribution in [0.5, 0.6) is 0 Å². The highest BCUT2D eigenvalue weighted by Crippen LogP contribution is 2.07. The van der Waals surface area contributed by atoms with Crippen LogP contribution in [0.1, 0.15) is 20.8 Å². The van der Waals surface area contributed by atoms with E-state index in [0.717, 1.165) is 5.57 Å². The third-order valence-electron chi connectivity index (χ3n) is 1.56. The molecule has 1 atom stereocenters. The summed E-state index contributed by atoms with van der Waals surface area (Å²) in [5, 5.41) is 0. The number of hydrogen-bond donors (Lipinski definition) is 1. The minimum absolute atomic E-state index is 0.0185. The fourth-order valence-electron chi connectivity index (χ4n) is 0.465. The minimum Gasteiger partial charge on any atom is -0.405 e. The molecule has 2 N–H and O–H groups in total. The van der Waals surface area contributed by atoms with Crippen molar-refractivity contribution in [2.45, 2.75) is 20.8 Å². The van der Waals surface area contributed by atoms with Gasteiger partial charge in [-0.1, -0.05) is 6.92 Å². The van der Waals surface area contributed by atoms with Gasteiger partial charge in [0.15, 0.2) is 0 Å². The Kier molecular flexibility index (Phi) is 2.99. The Bertz CT molecular complexity index is 138. The van der Waals surface area contributed by atoms with Gasteiger partial charge >= 0.3 is 0 Å². The Labute approximate surface area is 55.7 Å². The van der Waals surface area contributed by atoms with E-state index in [-0.39, 0.29) is 11.7 Å². The predicted molar refractivity (Wildman–Crippen MR) is 37.8 cm³/mol. The molecule has 0 aromatic rings. The molecule has 9 heavy (non-hydrogen) atoms. The number of carbonyl (C=O) groups is 1. The molecule has 0 aliphatic rings. The van der Waals surface area contributed by atoms with E-state index in [4.69, 9.17) is 5.73 Å². The first kappa shape index (κ1) is 8.21. The second-order valence-electron chi connectivity index (χ2n) is 2.24. The van der Waals surface area contributed by atoms with E-state index >= 15 is 0 Å². The van der Waals surface area contributed by atoms with E-state index in [1.807, 2.05) is 13.8 Å². The lowest BCUT2D eigenvalue weighted by Crippen LogP contribution is -2.08. The first-order valence-corrected chi connectivity index (χ1v) is 2.98. The molecule has 1 unspecified atom stereocenters. The van der Waals surface area contributed by atoms with E-state index in [1.54, 1.807) is 6.92 Å². The molecule has 0 heterocycles. The molecule has 0 spiro atoms. The predicted octanol–water partition coefficient (Wildman–Crippen LogP) is 1.07. The molecule has 0 radical (unpaired) electrons. The third kappa shape index (κ3) is 2.31. The highest BCUT2D eigenvalue weighted by atomic mass is 16.1. The molecule has 0 aromatic carbocycles. The topological polar surface area (TPSA) is 43.1 Å². The van der Waals surface area contributed by atoms with Crippen LogP contribution < -0.4 is 5.73 Å². The van der Waals surface area contributed by atoms with Crippen molar-refractivity contribution < 1.29 is 4.79 Å². The summed E-state index contributed by atoms with van der Waals surface area (Å²) in [4.78, 5) is 10.6. The van der Waals surface area contributed by atoms with Crippen molar-refractivity contribution in [3.8, 4) is 0 Å². The normalized spacial score (nSPS) is 15.2. The quantitative estimate of drug-likeness (QED) is 0.603. The average Bonchev–Trinajstić information content (AvgIpc) is 1.84. The van der Waals surface area contributed by atoms with Crippen molar-refractivity contribution in [2.24, 2.45) is 11.7 Å². The molecule has 0 amide bonds. The van der Waals surface area contributed by atoms with Crippen LogP contribution in [0.3, 0.4) is 0 Å². The van der Waals surface area contributed by atoms with Crippen LogP contribution >= 0.6 is 0 Å². The summed E-state index contributed by atoms with van der Waals surface area (Å²) in [6, 6.07) is 0. The van der Waals surface area contributed by atoms with Gasteiger partial charge in [0, 0.05) is 5.92 Å². The Hall–Kier alpha value is -0.790. The number of Topliss-reactive ketones (excluding diaryl/α,β-unsaturated/α-hetero) is 1. The average molecular weight is 127 g/mol. The first-order valence-electron chi connectivity index (χ1n) is 2.98. The molecule has 0 bridgehead atoms. The molecule has 0 rings (SSSR count). The molecule has 0 fully saturated rings. The van der Waals surface area contributed by atoms with E-state index in [9.17, 15) is 4.79 Å². The Morgan fingerprint density at radius 1 is 1.56 bits per heavy atom. The Morgan fingerprint density at radius 2 is 2.00 bits per heavy atom. The lowest BCUT2D eigenvalue weighted by atomic mass is 10.0. The zero-order valence-electron chi connectivity index (χ0n) is 6.14. The first-order chi connectivity index (χ1) is 4.09. The molecule has 2 nitrogen and oxygen atoms in total. The monoisotopic (exact) mass is 127 g/mol. The Morgan fingerprint density at radius 3 is 2.11 bits per heavy atom. The standard InChI is InChI=1S/C7H13NO/c1-5(4-8)6(2)7(3)9/h4,6H,8H2,1-3H3. The van der Waals surface area contributed by atoms with Gasteiger partial charge in [-0.05, 0) is 25.6 Å². The van der Waals surface area contributed by atoms with Crippen LogP contribution in [0.15, 0.2) is 11.8 Å². The lowest BCUT2D eigenvalue weighted by Gasteiger charge is -2.04. The molecular formula is C7H13NO. The van der Waals surface area contributed by atoms with Crippen molar-refractivity contribution in [1.29, 1.82) is 0 Å². The second kappa shape index (κ2) is 3.28. The van der Waals surface area contributed by atoms with Crippen molar-refractivity contribution in [3.05, 3.63) is 11.8 Å². The van der Waals surface area contributed by atoms with E-state index in [2.05, 4.69) is 0 Å². The van der Waals surface area contributed by atoms with Gasteiger partial charge in [-0.3, -0.25) is 4.79 Å². The maximum Gasteiger partial charge on any atom is 0.136 e. The van der Waals surface area contributed by atoms with Gasteiger partial charge in [-0.2, -0.15) is 0 Å². The van der Waals surface area contributed by atoms with Crippen molar-refractivity contribution in [1.82, 2.24) is 0 Å². The van der Waals surface area contributed by atoms with Gasteiger partial charge in [0.2, 0.25) is 0 Å². The number of allylic oxidation sites excluding steroid dienone is 1. The van der Waals surface area contributed by atoms with Gasteiger partial charge in [0.25, 0.3) is 0 Å². The molecule has 52 valence electrons. The molecule has 2 heteroatoms. The van der Waals surface area contributed by atoms with Gasteiger partial charge < -0.3 is 5.73 Å². The molecule has 0 aliphatic heterocycles. The summed E-state index contributed by atoms with van der Waals surface area (Å²) < 4.78 is 0. The number of rotatable bonds is 2. The zero-order chi connectivity index (χ0) is 7.44. The van der Waals surface area contributed by atoms with Crippen molar-refractivity contribution in [3.63, 3.8) is 0 Å². The number of nitrogens with two attached hydrogens (primary N) is 1.